The van der Waals surface area contributed by atoms with Crippen molar-refractivity contribution in [1.82, 2.24) is 49.9 Å². The van der Waals surface area contributed by atoms with Crippen molar-refractivity contribution >= 4 is 34.0 Å². The summed E-state index contributed by atoms with van der Waals surface area (Å²) in [5.74, 6) is 2.16. The molecule has 2 fully saturated rings. The molecule has 2 aliphatic rings. The summed E-state index contributed by atoms with van der Waals surface area (Å²) in [6.07, 6.45) is -7.78. The van der Waals surface area contributed by atoms with Crippen molar-refractivity contribution in [3.05, 3.63) is 82.4 Å². The molecule has 0 amide bonds. The smallest absolute Gasteiger partial charge is 0.388 e. The summed E-state index contributed by atoms with van der Waals surface area (Å²) in [5.41, 5.74) is -2.16. The van der Waals surface area contributed by atoms with Gasteiger partial charge in [0, 0.05) is 37.0 Å². The van der Waals surface area contributed by atoms with Gasteiger partial charge in [0.2, 0.25) is 0 Å². The molecule has 2 aliphatic heterocycles. The van der Waals surface area contributed by atoms with Gasteiger partial charge in [-0.15, -0.1) is 10.2 Å². The van der Waals surface area contributed by atoms with Gasteiger partial charge in [0.25, 0.3) is 0 Å². The van der Waals surface area contributed by atoms with Crippen molar-refractivity contribution in [2.75, 3.05) is 36.0 Å². The molecule has 0 bridgehead atoms. The highest BCUT2D eigenvalue weighted by Crippen LogP contribution is 2.37. The van der Waals surface area contributed by atoms with E-state index in [2.05, 4.69) is 30.6 Å². The van der Waals surface area contributed by atoms with E-state index in [9.17, 15) is 36.6 Å². The molecule has 2 aromatic carbocycles. The van der Waals surface area contributed by atoms with E-state index in [0.29, 0.717) is 84.6 Å². The van der Waals surface area contributed by atoms with Crippen LogP contribution in [0.4, 0.5) is 38.0 Å². The number of hydrogen-bond acceptors (Lipinski definition) is 12. The molecule has 6 heterocycles. The standard InChI is InChI=1S/2C21H25F3N6O/c2*1-19(2,3)18-25-16(29-10-9-20(4,31)12-29)15-17(26-18)30(28-27-15)11-13-7-5-6-8-14(13)21(22,23)24/h2*5-8,31H,9-12H2,1-4H3/t2*20-/m10/s1. The summed E-state index contributed by atoms with van der Waals surface area (Å²) in [6.45, 7) is 17.0. The first kappa shape index (κ1) is 44.6. The number of fused-ring (bicyclic) bond motifs is 2. The lowest BCUT2D eigenvalue weighted by Gasteiger charge is -2.23. The second-order valence-electron chi connectivity index (χ2n) is 18.7. The van der Waals surface area contributed by atoms with Crippen LogP contribution in [0.5, 0.6) is 0 Å². The summed E-state index contributed by atoms with van der Waals surface area (Å²) in [5, 5.41) is 37.4. The molecule has 0 radical (unpaired) electrons. The maximum absolute atomic E-state index is 13.5. The molecule has 20 heteroatoms. The zero-order valence-corrected chi connectivity index (χ0v) is 35.8. The van der Waals surface area contributed by atoms with Gasteiger partial charge in [-0.3, -0.25) is 0 Å². The molecule has 0 aliphatic carbocycles. The van der Waals surface area contributed by atoms with Gasteiger partial charge < -0.3 is 20.0 Å². The Labute approximate surface area is 354 Å². The zero-order chi connectivity index (χ0) is 45.2. The van der Waals surface area contributed by atoms with Crippen LogP contribution in [-0.4, -0.2) is 97.5 Å². The van der Waals surface area contributed by atoms with Gasteiger partial charge in [0.15, 0.2) is 34.0 Å². The summed E-state index contributed by atoms with van der Waals surface area (Å²) in [4.78, 5) is 22.5. The first-order valence-corrected chi connectivity index (χ1v) is 20.2. The lowest BCUT2D eigenvalue weighted by atomic mass is 9.95. The minimum Gasteiger partial charge on any atom is -0.388 e. The van der Waals surface area contributed by atoms with E-state index in [1.165, 1.54) is 33.6 Å². The molecule has 0 saturated carbocycles. The third kappa shape index (κ3) is 9.45. The van der Waals surface area contributed by atoms with Gasteiger partial charge in [0.05, 0.1) is 35.4 Å². The van der Waals surface area contributed by atoms with Crippen LogP contribution in [0.25, 0.3) is 22.3 Å². The zero-order valence-electron chi connectivity index (χ0n) is 35.8. The third-order valence-corrected chi connectivity index (χ3v) is 10.8. The number of β-amino-alcohol motifs (C(OH)–C–C–N with tert-alkyl or cyclic N) is 2. The Morgan fingerprint density at radius 1 is 0.565 bits per heavy atom. The van der Waals surface area contributed by atoms with Crippen molar-refractivity contribution in [2.24, 2.45) is 0 Å². The molecule has 62 heavy (non-hydrogen) atoms. The maximum atomic E-state index is 13.5. The molecular weight excluding hydrogens is 819 g/mol. The van der Waals surface area contributed by atoms with E-state index < -0.39 is 45.5 Å². The van der Waals surface area contributed by atoms with Gasteiger partial charge in [-0.2, -0.15) is 26.3 Å². The molecule has 0 spiro atoms. The average Bonchev–Trinajstić information content (AvgIpc) is 3.95. The molecule has 332 valence electrons. The summed E-state index contributed by atoms with van der Waals surface area (Å²) in [6, 6.07) is 10.8. The number of hydrogen-bond donors (Lipinski definition) is 2. The number of alkyl halides is 6. The Balaban J connectivity index is 0.000000186. The fraction of sp³-hybridized carbons (Fsp3) is 0.524. The molecule has 4 aromatic heterocycles. The first-order chi connectivity index (χ1) is 28.7. The van der Waals surface area contributed by atoms with Crippen LogP contribution < -0.4 is 9.80 Å². The van der Waals surface area contributed by atoms with Crippen LogP contribution in [0.2, 0.25) is 0 Å². The van der Waals surface area contributed by atoms with Gasteiger partial charge in [-0.25, -0.2) is 29.3 Å². The molecule has 14 nitrogen and oxygen atoms in total. The molecular formula is C42H50F6N12O2. The lowest BCUT2D eigenvalue weighted by Crippen LogP contribution is -2.31. The van der Waals surface area contributed by atoms with E-state index in [-0.39, 0.29) is 24.2 Å². The fourth-order valence-corrected chi connectivity index (χ4v) is 7.45. The summed E-state index contributed by atoms with van der Waals surface area (Å²) < 4.78 is 83.5. The minimum absolute atomic E-state index is 0.0865. The van der Waals surface area contributed by atoms with Crippen molar-refractivity contribution in [2.45, 2.75) is 116 Å². The largest absolute Gasteiger partial charge is 0.416 e. The van der Waals surface area contributed by atoms with E-state index in [4.69, 9.17) is 9.97 Å². The number of anilines is 2. The van der Waals surface area contributed by atoms with Crippen LogP contribution in [0.3, 0.4) is 0 Å². The predicted octanol–water partition coefficient (Wildman–Crippen LogP) is 7.09. The van der Waals surface area contributed by atoms with Crippen molar-refractivity contribution < 1.29 is 36.6 Å². The topological polar surface area (TPSA) is 160 Å². The van der Waals surface area contributed by atoms with E-state index in [0.717, 1.165) is 12.1 Å². The normalized spacial score (nSPS) is 20.1. The van der Waals surface area contributed by atoms with Gasteiger partial charge in [-0.05, 0) is 49.9 Å². The summed E-state index contributed by atoms with van der Waals surface area (Å²) in [7, 11) is 0. The van der Waals surface area contributed by atoms with Crippen LogP contribution in [0.1, 0.15) is 102 Å². The molecule has 2 saturated heterocycles. The van der Waals surface area contributed by atoms with E-state index in [1.807, 2.05) is 51.3 Å². The van der Waals surface area contributed by atoms with Gasteiger partial charge in [0.1, 0.15) is 11.6 Å². The highest BCUT2D eigenvalue weighted by Gasteiger charge is 2.38. The average molecular weight is 869 g/mol. The van der Waals surface area contributed by atoms with Crippen LogP contribution in [0, 0.1) is 0 Å². The third-order valence-electron chi connectivity index (χ3n) is 10.8. The van der Waals surface area contributed by atoms with Gasteiger partial charge in [-0.1, -0.05) is 88.4 Å². The molecule has 2 N–H and O–H groups in total. The number of aromatic nitrogens is 10. The minimum atomic E-state index is -4.47. The Hall–Kier alpha value is -5.50. The number of benzene rings is 2. The molecule has 2 atom stereocenters. The van der Waals surface area contributed by atoms with Crippen LogP contribution in [0.15, 0.2) is 48.5 Å². The van der Waals surface area contributed by atoms with Crippen molar-refractivity contribution in [1.29, 1.82) is 0 Å². The molecule has 6 aromatic rings. The number of rotatable bonds is 6. The van der Waals surface area contributed by atoms with Crippen LogP contribution >= 0.6 is 0 Å². The maximum Gasteiger partial charge on any atom is 0.416 e. The van der Waals surface area contributed by atoms with E-state index >= 15 is 0 Å². The second kappa shape index (κ2) is 15.7. The van der Waals surface area contributed by atoms with Crippen molar-refractivity contribution in [3.63, 3.8) is 0 Å². The SMILES string of the molecule is CC(C)(C)c1nc(N2CC[C@@](C)(O)C2)c2nnn(Cc3ccccc3C(F)(F)F)c2n1.CC(C)(C)c1nc(N2CC[C@](C)(O)C2)c2nnn(Cc3ccccc3C(F)(F)F)c2n1. The number of nitrogens with zero attached hydrogens (tertiary/aromatic N) is 12. The predicted molar refractivity (Wildman–Crippen MR) is 220 cm³/mol. The molecule has 8 rings (SSSR count). The second-order valence-corrected chi connectivity index (χ2v) is 18.7. The van der Waals surface area contributed by atoms with E-state index in [1.54, 1.807) is 26.0 Å². The Morgan fingerprint density at radius 2 is 0.919 bits per heavy atom. The fourth-order valence-electron chi connectivity index (χ4n) is 7.45. The lowest BCUT2D eigenvalue weighted by molar-refractivity contribution is -0.139. The quantitative estimate of drug-likeness (QED) is 0.164. The Morgan fingerprint density at radius 3 is 1.23 bits per heavy atom. The monoisotopic (exact) mass is 868 g/mol. The first-order valence-electron chi connectivity index (χ1n) is 20.2. The van der Waals surface area contributed by atoms with Crippen LogP contribution in [-0.2, 0) is 36.3 Å². The Bertz CT molecular complexity index is 2410. The molecule has 0 unspecified atom stereocenters. The Kier molecular flexibility index (Phi) is 11.3. The summed E-state index contributed by atoms with van der Waals surface area (Å²) >= 11 is 0. The highest BCUT2D eigenvalue weighted by atomic mass is 19.4. The highest BCUT2D eigenvalue weighted by molar-refractivity contribution is 5.84. The van der Waals surface area contributed by atoms with Gasteiger partial charge >= 0.3 is 12.4 Å². The number of halogens is 6. The van der Waals surface area contributed by atoms with Crippen molar-refractivity contribution in [3.8, 4) is 0 Å². The number of aliphatic hydroxyl groups is 2.